The summed E-state index contributed by atoms with van der Waals surface area (Å²) in [6.07, 6.45) is 6.88. The molecule has 57 heavy (non-hydrogen) atoms. The van der Waals surface area contributed by atoms with Crippen molar-refractivity contribution in [2.45, 2.75) is 69.9 Å². The fraction of sp³-hybridized carbons (Fsp3) is 0.455. The summed E-state index contributed by atoms with van der Waals surface area (Å²) in [4.78, 5) is 74.9. The molecule has 4 saturated heterocycles. The van der Waals surface area contributed by atoms with Gasteiger partial charge in [-0.25, -0.2) is 0 Å². The lowest BCUT2D eigenvalue weighted by Crippen LogP contribution is -2.54. The lowest BCUT2D eigenvalue weighted by atomic mass is 9.77. The van der Waals surface area contributed by atoms with E-state index in [1.54, 1.807) is 0 Å². The van der Waals surface area contributed by atoms with Crippen LogP contribution in [0.2, 0.25) is 5.02 Å². The Morgan fingerprint density at radius 1 is 0.737 bits per heavy atom. The molecule has 6 aliphatic heterocycles. The fourth-order valence-electron chi connectivity index (χ4n) is 10.1. The molecule has 3 aromatic carbocycles. The number of hydrogen-bond donors (Lipinski definition) is 1. The number of amides is 5. The Labute approximate surface area is 337 Å². The molecule has 1 atom stereocenters. The number of likely N-dealkylation sites (tertiary alicyclic amines) is 1. The Balaban J connectivity index is 0.755. The third-order valence-corrected chi connectivity index (χ3v) is 13.9. The number of fused-ring (bicyclic) bond motifs is 2. The summed E-state index contributed by atoms with van der Waals surface area (Å²) < 4.78 is 0. The monoisotopic (exact) mass is 787 g/mol. The third-order valence-electron chi connectivity index (χ3n) is 13.5. The standard InChI is InChI=1S/C44H46ClN7O5/c45-37-25-34(6-3-31(37)26-46)51-22-15-44(27-51)13-20-49(21-14-44)32-4-1-28(2-5-32)41(55)50-18-11-33(12-19-50)48-16-9-29-23-35-36(24-30(29)10-17-48)43(57)52(42(35)56)38-7-8-39(53)47-40(38)54/h1-6,23-25,33,38H,7-22,27H2,(H,47,53,54). The van der Waals surface area contributed by atoms with E-state index in [0.29, 0.717) is 40.8 Å². The minimum absolute atomic E-state index is 0.0741. The zero-order chi connectivity index (χ0) is 39.4. The van der Waals surface area contributed by atoms with Crippen molar-refractivity contribution in [2.24, 2.45) is 5.41 Å². The normalized spacial score (nSPS) is 22.7. The van der Waals surface area contributed by atoms with Gasteiger partial charge in [-0.1, -0.05) is 11.6 Å². The molecule has 0 aliphatic carbocycles. The molecule has 0 aromatic heterocycles. The first-order chi connectivity index (χ1) is 27.6. The number of hydrogen-bond acceptors (Lipinski definition) is 9. The van der Waals surface area contributed by atoms with E-state index in [1.807, 2.05) is 47.4 Å². The van der Waals surface area contributed by atoms with Gasteiger partial charge in [0.2, 0.25) is 11.8 Å². The number of nitrogens with one attached hydrogen (secondary N) is 1. The van der Waals surface area contributed by atoms with Gasteiger partial charge in [-0.3, -0.25) is 39.1 Å². The van der Waals surface area contributed by atoms with Crippen LogP contribution in [0.3, 0.4) is 0 Å². The highest BCUT2D eigenvalue weighted by atomic mass is 35.5. The maximum Gasteiger partial charge on any atom is 0.262 e. The quantitative estimate of drug-likeness (QED) is 0.361. The summed E-state index contributed by atoms with van der Waals surface area (Å²) in [6, 6.07) is 19.1. The molecule has 9 rings (SSSR count). The topological polar surface area (TPSA) is 137 Å². The maximum atomic E-state index is 13.6. The lowest BCUT2D eigenvalue weighted by Gasteiger charge is -2.40. The van der Waals surface area contributed by atoms with Gasteiger partial charge in [-0.2, -0.15) is 5.26 Å². The first-order valence-corrected chi connectivity index (χ1v) is 20.7. The van der Waals surface area contributed by atoms with E-state index in [2.05, 4.69) is 38.2 Å². The van der Waals surface area contributed by atoms with Crippen molar-refractivity contribution < 1.29 is 24.0 Å². The Hall–Kier alpha value is -5.25. The number of halogens is 1. The highest BCUT2D eigenvalue weighted by Crippen LogP contribution is 2.43. The molecule has 0 radical (unpaired) electrons. The van der Waals surface area contributed by atoms with Gasteiger partial charge < -0.3 is 14.7 Å². The summed E-state index contributed by atoms with van der Waals surface area (Å²) >= 11 is 6.33. The Morgan fingerprint density at radius 2 is 1.35 bits per heavy atom. The number of benzene rings is 3. The highest BCUT2D eigenvalue weighted by molar-refractivity contribution is 6.32. The minimum Gasteiger partial charge on any atom is -0.371 e. The predicted octanol–water partition coefficient (Wildman–Crippen LogP) is 4.82. The summed E-state index contributed by atoms with van der Waals surface area (Å²) in [7, 11) is 0. The number of anilines is 2. The SMILES string of the molecule is N#Cc1ccc(N2CCC3(CCN(c4ccc(C(=O)N5CCC(N6CCc7cc8c(cc7CC6)C(=O)N(C6CCC(=O)NC6=O)C8=O)CC5)cc4)CC3)C2)cc1Cl. The van der Waals surface area contributed by atoms with Gasteiger partial charge in [0, 0.05) is 81.8 Å². The summed E-state index contributed by atoms with van der Waals surface area (Å²) in [5.74, 6) is -1.85. The van der Waals surface area contributed by atoms with E-state index in [0.717, 1.165) is 117 Å². The average molecular weight is 788 g/mol. The Kier molecular flexibility index (Phi) is 9.77. The van der Waals surface area contributed by atoms with Gasteiger partial charge in [0.15, 0.2) is 0 Å². The Morgan fingerprint density at radius 3 is 1.95 bits per heavy atom. The molecule has 1 N–H and O–H groups in total. The summed E-state index contributed by atoms with van der Waals surface area (Å²) in [5.41, 5.74) is 6.53. The second kappa shape index (κ2) is 14.9. The Bertz CT molecular complexity index is 2160. The van der Waals surface area contributed by atoms with E-state index in [1.165, 1.54) is 0 Å². The van der Waals surface area contributed by atoms with Gasteiger partial charge in [0.25, 0.3) is 17.7 Å². The van der Waals surface area contributed by atoms with Crippen LogP contribution < -0.4 is 15.1 Å². The summed E-state index contributed by atoms with van der Waals surface area (Å²) in [5, 5.41) is 12.0. The van der Waals surface area contributed by atoms with Crippen molar-refractivity contribution in [3.8, 4) is 6.07 Å². The molecular weight excluding hydrogens is 742 g/mol. The second-order valence-corrected chi connectivity index (χ2v) is 17.1. The average Bonchev–Trinajstić information content (AvgIpc) is 3.65. The van der Waals surface area contributed by atoms with Crippen molar-refractivity contribution in [3.05, 3.63) is 93.0 Å². The van der Waals surface area contributed by atoms with E-state index in [-0.39, 0.29) is 30.1 Å². The molecular formula is C44H46ClN7O5. The predicted molar refractivity (Wildman–Crippen MR) is 214 cm³/mol. The van der Waals surface area contributed by atoms with Crippen LogP contribution in [0.15, 0.2) is 54.6 Å². The van der Waals surface area contributed by atoms with Gasteiger partial charge in [0.05, 0.1) is 21.7 Å². The molecule has 4 fully saturated rings. The minimum atomic E-state index is -0.968. The van der Waals surface area contributed by atoms with Crippen molar-refractivity contribution in [2.75, 3.05) is 62.2 Å². The number of carbonyl (C=O) groups excluding carboxylic acids is 5. The number of rotatable bonds is 5. The molecule has 3 aromatic rings. The second-order valence-electron chi connectivity index (χ2n) is 16.7. The van der Waals surface area contributed by atoms with Crippen molar-refractivity contribution in [1.82, 2.24) is 20.0 Å². The van der Waals surface area contributed by atoms with Gasteiger partial charge >= 0.3 is 0 Å². The first kappa shape index (κ1) is 37.3. The van der Waals surface area contributed by atoms with Crippen LogP contribution in [0.4, 0.5) is 11.4 Å². The van der Waals surface area contributed by atoms with E-state index < -0.39 is 23.8 Å². The largest absolute Gasteiger partial charge is 0.371 e. The van der Waals surface area contributed by atoms with Crippen LogP contribution in [0, 0.1) is 16.7 Å². The number of piperidine rings is 3. The van der Waals surface area contributed by atoms with E-state index in [4.69, 9.17) is 11.6 Å². The van der Waals surface area contributed by atoms with Crippen molar-refractivity contribution in [3.63, 3.8) is 0 Å². The van der Waals surface area contributed by atoms with Gasteiger partial charge in [-0.15, -0.1) is 0 Å². The zero-order valence-corrected chi connectivity index (χ0v) is 32.7. The maximum absolute atomic E-state index is 13.6. The molecule has 5 amide bonds. The molecule has 0 saturated carbocycles. The zero-order valence-electron chi connectivity index (χ0n) is 32.0. The van der Waals surface area contributed by atoms with Crippen LogP contribution in [0.1, 0.15) is 92.7 Å². The van der Waals surface area contributed by atoms with Crippen LogP contribution in [-0.4, -0.2) is 109 Å². The fourth-order valence-corrected chi connectivity index (χ4v) is 10.3. The van der Waals surface area contributed by atoms with E-state index >= 15 is 0 Å². The lowest BCUT2D eigenvalue weighted by molar-refractivity contribution is -0.136. The van der Waals surface area contributed by atoms with Crippen LogP contribution in [-0.2, 0) is 22.4 Å². The first-order valence-electron chi connectivity index (χ1n) is 20.3. The molecule has 1 unspecified atom stereocenters. The third kappa shape index (κ3) is 6.95. The molecule has 6 heterocycles. The molecule has 0 bridgehead atoms. The summed E-state index contributed by atoms with van der Waals surface area (Å²) in [6.45, 7) is 6.99. The number of nitrogens with zero attached hydrogens (tertiary/aromatic N) is 6. The number of nitriles is 1. The van der Waals surface area contributed by atoms with Crippen LogP contribution >= 0.6 is 11.6 Å². The van der Waals surface area contributed by atoms with Gasteiger partial charge in [-0.05, 0) is 123 Å². The molecule has 6 aliphatic rings. The highest BCUT2D eigenvalue weighted by Gasteiger charge is 2.45. The van der Waals surface area contributed by atoms with Gasteiger partial charge in [0.1, 0.15) is 12.1 Å². The van der Waals surface area contributed by atoms with Crippen LogP contribution in [0.25, 0.3) is 0 Å². The molecule has 12 nitrogen and oxygen atoms in total. The molecule has 294 valence electrons. The number of imide groups is 2. The van der Waals surface area contributed by atoms with Crippen LogP contribution in [0.5, 0.6) is 0 Å². The smallest absolute Gasteiger partial charge is 0.262 e. The van der Waals surface area contributed by atoms with Crippen molar-refractivity contribution >= 4 is 52.5 Å². The van der Waals surface area contributed by atoms with E-state index in [9.17, 15) is 29.2 Å². The van der Waals surface area contributed by atoms with Crippen molar-refractivity contribution in [1.29, 1.82) is 5.26 Å². The number of carbonyl (C=O) groups is 5. The molecule has 13 heteroatoms. The molecule has 1 spiro atoms.